The van der Waals surface area contributed by atoms with E-state index in [0.717, 1.165) is 39.1 Å². The van der Waals surface area contributed by atoms with E-state index in [4.69, 9.17) is 9.84 Å². The number of carbonyl (C=O) groups is 1. The zero-order chi connectivity index (χ0) is 10.7. The second-order valence-corrected chi connectivity index (χ2v) is 4.30. The van der Waals surface area contributed by atoms with Crippen molar-refractivity contribution in [3.8, 4) is 0 Å². The van der Waals surface area contributed by atoms with Crippen LogP contribution in [-0.4, -0.2) is 55.0 Å². The number of rotatable bonds is 2. The average Bonchev–Trinajstić information content (AvgIpc) is 2.71. The first kappa shape index (κ1) is 10.7. The summed E-state index contributed by atoms with van der Waals surface area (Å²) in [6, 6.07) is 0.128. The van der Waals surface area contributed by atoms with Gasteiger partial charge in [0.05, 0.1) is 0 Å². The van der Waals surface area contributed by atoms with Gasteiger partial charge in [0.15, 0.2) is 0 Å². The fraction of sp³-hybridized carbons (Fsp3) is 0.900. The third kappa shape index (κ3) is 2.60. The molecule has 0 aromatic rings. The number of hydrogen-bond acceptors (Lipinski definition) is 3. The number of amides is 1. The molecule has 1 amide bonds. The molecule has 0 spiro atoms. The van der Waals surface area contributed by atoms with Gasteiger partial charge in [-0.2, -0.15) is 0 Å². The summed E-state index contributed by atoms with van der Waals surface area (Å²) in [7, 11) is 0. The summed E-state index contributed by atoms with van der Waals surface area (Å²) in [5.41, 5.74) is 0. The van der Waals surface area contributed by atoms with Crippen LogP contribution in [-0.2, 0) is 4.74 Å². The molecule has 2 unspecified atom stereocenters. The lowest BCUT2D eigenvalue weighted by Crippen LogP contribution is -2.53. The van der Waals surface area contributed by atoms with Crippen molar-refractivity contribution < 1.29 is 14.6 Å². The maximum absolute atomic E-state index is 11.0. The van der Waals surface area contributed by atoms with E-state index in [1.807, 2.05) is 0 Å². The molecule has 2 aliphatic rings. The van der Waals surface area contributed by atoms with Crippen LogP contribution in [0, 0.1) is 5.92 Å². The van der Waals surface area contributed by atoms with Crippen LogP contribution in [0.4, 0.5) is 4.79 Å². The number of hydrogen-bond donors (Lipinski definition) is 2. The molecule has 0 aromatic heterocycles. The minimum Gasteiger partial charge on any atom is -0.465 e. The molecule has 0 saturated carbocycles. The predicted octanol–water partition coefficient (Wildman–Crippen LogP) is 0.365. The van der Waals surface area contributed by atoms with Crippen molar-refractivity contribution in [2.24, 2.45) is 5.92 Å². The molecule has 86 valence electrons. The van der Waals surface area contributed by atoms with Crippen molar-refractivity contribution in [3.63, 3.8) is 0 Å². The van der Waals surface area contributed by atoms with E-state index in [-0.39, 0.29) is 6.04 Å². The fourth-order valence-corrected chi connectivity index (χ4v) is 2.38. The summed E-state index contributed by atoms with van der Waals surface area (Å²) >= 11 is 0. The smallest absolute Gasteiger partial charge is 0.407 e. The van der Waals surface area contributed by atoms with Crippen LogP contribution in [0.5, 0.6) is 0 Å². The molecule has 2 fully saturated rings. The molecule has 5 nitrogen and oxygen atoms in total. The molecule has 2 aliphatic heterocycles. The lowest BCUT2D eigenvalue weighted by atomic mass is 9.97. The number of ether oxygens (including phenoxy) is 1. The second-order valence-electron chi connectivity index (χ2n) is 4.30. The van der Waals surface area contributed by atoms with Gasteiger partial charge in [-0.05, 0) is 18.8 Å². The Labute approximate surface area is 89.4 Å². The maximum atomic E-state index is 11.0. The van der Waals surface area contributed by atoms with Gasteiger partial charge in [0, 0.05) is 38.9 Å². The molecule has 2 atom stereocenters. The van der Waals surface area contributed by atoms with Crippen LogP contribution < -0.4 is 5.32 Å². The van der Waals surface area contributed by atoms with Crippen molar-refractivity contribution in [1.29, 1.82) is 0 Å². The number of carboxylic acid groups (broad SMARTS) is 1. The Balaban J connectivity index is 1.89. The quantitative estimate of drug-likeness (QED) is 0.697. The second kappa shape index (κ2) is 4.81. The molecular weight excluding hydrogens is 196 g/mol. The molecule has 0 bridgehead atoms. The molecule has 0 aromatic carbocycles. The Morgan fingerprint density at radius 2 is 2.47 bits per heavy atom. The lowest BCUT2D eigenvalue weighted by molar-refractivity contribution is 0.1000. The summed E-state index contributed by atoms with van der Waals surface area (Å²) in [6.07, 6.45) is 1.21. The SMILES string of the molecule is O=C(O)N1CCNCC1CC1CCOC1. The zero-order valence-corrected chi connectivity index (χ0v) is 8.82. The third-order valence-corrected chi connectivity index (χ3v) is 3.23. The van der Waals surface area contributed by atoms with Crippen LogP contribution in [0.2, 0.25) is 0 Å². The van der Waals surface area contributed by atoms with Gasteiger partial charge >= 0.3 is 6.09 Å². The number of nitrogens with one attached hydrogen (secondary N) is 1. The zero-order valence-electron chi connectivity index (χ0n) is 8.82. The molecular formula is C10H18N2O3. The molecule has 2 N–H and O–H groups in total. The van der Waals surface area contributed by atoms with Gasteiger partial charge in [-0.25, -0.2) is 4.79 Å². The molecule has 2 saturated heterocycles. The highest BCUT2D eigenvalue weighted by molar-refractivity contribution is 5.65. The first-order valence-corrected chi connectivity index (χ1v) is 5.55. The van der Waals surface area contributed by atoms with Gasteiger partial charge < -0.3 is 20.1 Å². The highest BCUT2D eigenvalue weighted by atomic mass is 16.5. The molecule has 0 radical (unpaired) electrons. The van der Waals surface area contributed by atoms with Crippen LogP contribution in [0.15, 0.2) is 0 Å². The van der Waals surface area contributed by atoms with Gasteiger partial charge in [-0.1, -0.05) is 0 Å². The number of nitrogens with zero attached hydrogens (tertiary/aromatic N) is 1. The van der Waals surface area contributed by atoms with Gasteiger partial charge in [-0.15, -0.1) is 0 Å². The lowest BCUT2D eigenvalue weighted by Gasteiger charge is -2.35. The average molecular weight is 214 g/mol. The largest absolute Gasteiger partial charge is 0.465 e. The third-order valence-electron chi connectivity index (χ3n) is 3.23. The van der Waals surface area contributed by atoms with Crippen LogP contribution >= 0.6 is 0 Å². The summed E-state index contributed by atoms with van der Waals surface area (Å²) in [6.45, 7) is 3.78. The molecule has 5 heteroatoms. The van der Waals surface area contributed by atoms with Crippen molar-refractivity contribution in [1.82, 2.24) is 10.2 Å². The van der Waals surface area contributed by atoms with Crippen molar-refractivity contribution in [2.45, 2.75) is 18.9 Å². The highest BCUT2D eigenvalue weighted by Crippen LogP contribution is 2.21. The van der Waals surface area contributed by atoms with Gasteiger partial charge in [-0.3, -0.25) is 0 Å². The van der Waals surface area contributed by atoms with Crippen molar-refractivity contribution >= 4 is 6.09 Å². The van der Waals surface area contributed by atoms with Crippen molar-refractivity contribution in [3.05, 3.63) is 0 Å². The van der Waals surface area contributed by atoms with E-state index in [1.54, 1.807) is 4.90 Å². The summed E-state index contributed by atoms with van der Waals surface area (Å²) in [4.78, 5) is 12.6. The van der Waals surface area contributed by atoms with Gasteiger partial charge in [0.25, 0.3) is 0 Å². The predicted molar refractivity (Wildman–Crippen MR) is 54.9 cm³/mol. The molecule has 2 rings (SSSR count). The minimum absolute atomic E-state index is 0.128. The fourth-order valence-electron chi connectivity index (χ4n) is 2.38. The highest BCUT2D eigenvalue weighted by Gasteiger charge is 2.29. The van der Waals surface area contributed by atoms with Crippen LogP contribution in [0.1, 0.15) is 12.8 Å². The Kier molecular flexibility index (Phi) is 3.43. The maximum Gasteiger partial charge on any atom is 0.407 e. The van der Waals surface area contributed by atoms with Crippen LogP contribution in [0.3, 0.4) is 0 Å². The van der Waals surface area contributed by atoms with Gasteiger partial charge in [0.2, 0.25) is 0 Å². The van der Waals surface area contributed by atoms with Crippen molar-refractivity contribution in [2.75, 3.05) is 32.8 Å². The van der Waals surface area contributed by atoms with E-state index in [2.05, 4.69) is 5.32 Å². The Morgan fingerprint density at radius 3 is 3.13 bits per heavy atom. The van der Waals surface area contributed by atoms with Gasteiger partial charge in [0.1, 0.15) is 0 Å². The van der Waals surface area contributed by atoms with E-state index in [0.29, 0.717) is 12.5 Å². The molecule has 2 heterocycles. The first-order chi connectivity index (χ1) is 7.27. The van der Waals surface area contributed by atoms with E-state index in [9.17, 15) is 4.79 Å². The standard InChI is InChI=1S/C10H18N2O3/c13-10(14)12-3-2-11-6-9(12)5-8-1-4-15-7-8/h8-9,11H,1-7H2,(H,13,14). The monoisotopic (exact) mass is 214 g/mol. The Bertz CT molecular complexity index is 229. The summed E-state index contributed by atoms with van der Waals surface area (Å²) in [5.74, 6) is 0.539. The summed E-state index contributed by atoms with van der Waals surface area (Å²) in [5, 5.41) is 12.3. The van der Waals surface area contributed by atoms with E-state index in [1.165, 1.54) is 0 Å². The molecule has 15 heavy (non-hydrogen) atoms. The molecule has 0 aliphatic carbocycles. The van der Waals surface area contributed by atoms with E-state index < -0.39 is 6.09 Å². The summed E-state index contributed by atoms with van der Waals surface area (Å²) < 4.78 is 5.31. The first-order valence-electron chi connectivity index (χ1n) is 5.55. The topological polar surface area (TPSA) is 61.8 Å². The van der Waals surface area contributed by atoms with E-state index >= 15 is 0 Å². The normalized spacial score (nSPS) is 31.9. The Morgan fingerprint density at radius 1 is 1.60 bits per heavy atom. The minimum atomic E-state index is -0.791. The van der Waals surface area contributed by atoms with Crippen LogP contribution in [0.25, 0.3) is 0 Å². The number of piperazine rings is 1. The Hall–Kier alpha value is -0.810.